The zero-order chi connectivity index (χ0) is 18.4. The van der Waals surface area contributed by atoms with Gasteiger partial charge < -0.3 is 10.5 Å². The highest BCUT2D eigenvalue weighted by Crippen LogP contribution is 2.41. The maximum atomic E-state index is 13.9. The van der Waals surface area contributed by atoms with Crippen LogP contribution in [0.4, 0.5) is 14.5 Å². The summed E-state index contributed by atoms with van der Waals surface area (Å²) in [6.07, 6.45) is 0.325. The summed E-state index contributed by atoms with van der Waals surface area (Å²) in [7, 11) is -4.20. The van der Waals surface area contributed by atoms with Gasteiger partial charge in [0, 0.05) is 23.7 Å². The molecule has 0 aromatic heterocycles. The highest BCUT2D eigenvalue weighted by atomic mass is 32.2. The SMILES string of the molecule is CC1(C)CC(NS(=O)(=O)c2ccc(F)cc2F)c2cc(N)ccc2O1. The van der Waals surface area contributed by atoms with Crippen LogP contribution in [0.3, 0.4) is 0 Å². The second kappa shape index (κ2) is 5.96. The minimum absolute atomic E-state index is 0.325. The molecule has 1 aliphatic rings. The van der Waals surface area contributed by atoms with Crippen LogP contribution in [0.5, 0.6) is 5.75 Å². The molecule has 0 saturated carbocycles. The standard InChI is InChI=1S/C17H18F2N2O3S/c1-17(2)9-14(12-8-11(20)4-5-15(12)24-17)21-25(22,23)16-6-3-10(18)7-13(16)19/h3-8,14,21H,9,20H2,1-2H3. The average Bonchev–Trinajstić information content (AvgIpc) is 2.46. The summed E-state index contributed by atoms with van der Waals surface area (Å²) in [5.74, 6) is -1.48. The molecule has 0 radical (unpaired) electrons. The van der Waals surface area contributed by atoms with Crippen LogP contribution >= 0.6 is 0 Å². The third-order valence-electron chi connectivity index (χ3n) is 3.97. The van der Waals surface area contributed by atoms with E-state index in [1.54, 1.807) is 18.2 Å². The molecule has 25 heavy (non-hydrogen) atoms. The molecular formula is C17H18F2N2O3S. The molecule has 2 aromatic rings. The van der Waals surface area contributed by atoms with Crippen molar-refractivity contribution in [1.82, 2.24) is 4.72 Å². The van der Waals surface area contributed by atoms with Crippen LogP contribution < -0.4 is 15.2 Å². The van der Waals surface area contributed by atoms with E-state index in [1.807, 2.05) is 13.8 Å². The maximum absolute atomic E-state index is 13.9. The predicted octanol–water partition coefficient (Wildman–Crippen LogP) is 3.13. The molecule has 0 amide bonds. The molecule has 0 spiro atoms. The van der Waals surface area contributed by atoms with Gasteiger partial charge in [-0.15, -0.1) is 0 Å². The van der Waals surface area contributed by atoms with E-state index in [9.17, 15) is 17.2 Å². The second-order valence-electron chi connectivity index (χ2n) is 6.61. The highest BCUT2D eigenvalue weighted by Gasteiger charge is 2.36. The molecular weight excluding hydrogens is 350 g/mol. The van der Waals surface area contributed by atoms with E-state index < -0.39 is 38.2 Å². The van der Waals surface area contributed by atoms with Crippen molar-refractivity contribution >= 4 is 15.7 Å². The fourth-order valence-corrected chi connectivity index (χ4v) is 4.20. The van der Waals surface area contributed by atoms with Crippen molar-refractivity contribution in [2.75, 3.05) is 5.73 Å². The van der Waals surface area contributed by atoms with E-state index in [1.165, 1.54) is 0 Å². The molecule has 1 unspecified atom stereocenters. The van der Waals surface area contributed by atoms with Crippen LogP contribution in [0.15, 0.2) is 41.3 Å². The largest absolute Gasteiger partial charge is 0.487 e. The molecule has 1 atom stereocenters. The fourth-order valence-electron chi connectivity index (χ4n) is 2.92. The molecule has 0 saturated heterocycles. The first kappa shape index (κ1) is 17.6. The Balaban J connectivity index is 2.00. The summed E-state index contributed by atoms with van der Waals surface area (Å²) in [4.78, 5) is -0.608. The van der Waals surface area contributed by atoms with E-state index in [4.69, 9.17) is 10.5 Å². The normalized spacial score (nSPS) is 19.1. The zero-order valence-electron chi connectivity index (χ0n) is 13.7. The molecule has 0 bridgehead atoms. The lowest BCUT2D eigenvalue weighted by atomic mass is 9.90. The lowest BCUT2D eigenvalue weighted by molar-refractivity contribution is 0.0702. The number of nitrogens with one attached hydrogen (secondary N) is 1. The number of hydrogen-bond donors (Lipinski definition) is 2. The average molecular weight is 368 g/mol. The molecule has 0 fully saturated rings. The summed E-state index contributed by atoms with van der Waals surface area (Å²) in [5, 5.41) is 0. The number of halogens is 2. The third-order valence-corrected chi connectivity index (χ3v) is 5.48. The Kier molecular flexibility index (Phi) is 4.20. The van der Waals surface area contributed by atoms with Crippen LogP contribution in [-0.4, -0.2) is 14.0 Å². The Labute approximate surface area is 144 Å². The number of rotatable bonds is 3. The molecule has 2 aromatic carbocycles. The van der Waals surface area contributed by atoms with Crippen molar-refractivity contribution in [1.29, 1.82) is 0 Å². The van der Waals surface area contributed by atoms with Gasteiger partial charge >= 0.3 is 0 Å². The lowest BCUT2D eigenvalue weighted by Gasteiger charge is -2.37. The number of anilines is 1. The van der Waals surface area contributed by atoms with Crippen LogP contribution in [0.1, 0.15) is 31.9 Å². The number of benzene rings is 2. The Bertz CT molecular complexity index is 929. The number of fused-ring (bicyclic) bond motifs is 1. The molecule has 8 heteroatoms. The molecule has 5 nitrogen and oxygen atoms in total. The van der Waals surface area contributed by atoms with Crippen molar-refractivity contribution in [3.63, 3.8) is 0 Å². The molecule has 1 aliphatic heterocycles. The van der Waals surface area contributed by atoms with Crippen molar-refractivity contribution in [2.24, 2.45) is 0 Å². The van der Waals surface area contributed by atoms with Crippen molar-refractivity contribution in [3.8, 4) is 5.75 Å². The summed E-state index contributed by atoms with van der Waals surface area (Å²) in [6.45, 7) is 3.65. The lowest BCUT2D eigenvalue weighted by Crippen LogP contribution is -2.41. The molecule has 1 heterocycles. The van der Waals surface area contributed by atoms with Crippen molar-refractivity contribution in [2.45, 2.75) is 36.8 Å². The van der Waals surface area contributed by atoms with Gasteiger partial charge in [0.25, 0.3) is 0 Å². The highest BCUT2D eigenvalue weighted by molar-refractivity contribution is 7.89. The van der Waals surface area contributed by atoms with Gasteiger partial charge in [0.15, 0.2) is 0 Å². The second-order valence-corrected chi connectivity index (χ2v) is 8.29. The van der Waals surface area contributed by atoms with Crippen LogP contribution in [0, 0.1) is 11.6 Å². The number of nitrogen functional groups attached to an aromatic ring is 1. The van der Waals surface area contributed by atoms with Crippen LogP contribution in [-0.2, 0) is 10.0 Å². The van der Waals surface area contributed by atoms with Crippen molar-refractivity contribution in [3.05, 3.63) is 53.6 Å². The van der Waals surface area contributed by atoms with E-state index in [0.29, 0.717) is 29.5 Å². The summed E-state index contributed by atoms with van der Waals surface area (Å²) in [5.41, 5.74) is 6.20. The maximum Gasteiger partial charge on any atom is 0.244 e. The van der Waals surface area contributed by atoms with Gasteiger partial charge in [-0.2, -0.15) is 0 Å². The van der Waals surface area contributed by atoms with Gasteiger partial charge in [0.2, 0.25) is 10.0 Å². The third kappa shape index (κ3) is 3.59. The monoisotopic (exact) mass is 368 g/mol. The Hall–Kier alpha value is -2.19. The molecule has 3 rings (SSSR count). The van der Waals surface area contributed by atoms with Gasteiger partial charge in [-0.1, -0.05) is 0 Å². The Morgan fingerprint density at radius 1 is 1.20 bits per heavy atom. The topological polar surface area (TPSA) is 81.4 Å². The molecule has 0 aliphatic carbocycles. The minimum Gasteiger partial charge on any atom is -0.487 e. The van der Waals surface area contributed by atoms with Gasteiger partial charge in [-0.3, -0.25) is 0 Å². The fraction of sp³-hybridized carbons (Fsp3) is 0.294. The van der Waals surface area contributed by atoms with Gasteiger partial charge in [0.1, 0.15) is 27.9 Å². The van der Waals surface area contributed by atoms with Gasteiger partial charge in [-0.25, -0.2) is 21.9 Å². The Morgan fingerprint density at radius 2 is 1.92 bits per heavy atom. The number of sulfonamides is 1. The van der Waals surface area contributed by atoms with E-state index in [-0.39, 0.29) is 0 Å². The van der Waals surface area contributed by atoms with E-state index in [0.717, 1.165) is 12.1 Å². The van der Waals surface area contributed by atoms with Crippen LogP contribution in [0.2, 0.25) is 0 Å². The van der Waals surface area contributed by atoms with E-state index in [2.05, 4.69) is 4.72 Å². The molecule has 134 valence electrons. The number of hydrogen-bond acceptors (Lipinski definition) is 4. The summed E-state index contributed by atoms with van der Waals surface area (Å²) in [6, 6.07) is 6.64. The number of nitrogens with two attached hydrogens (primary N) is 1. The smallest absolute Gasteiger partial charge is 0.244 e. The number of ether oxygens (including phenoxy) is 1. The molecule has 3 N–H and O–H groups in total. The first-order chi connectivity index (χ1) is 11.6. The zero-order valence-corrected chi connectivity index (χ0v) is 14.5. The van der Waals surface area contributed by atoms with Gasteiger partial charge in [0.05, 0.1) is 6.04 Å². The van der Waals surface area contributed by atoms with Gasteiger partial charge in [-0.05, 0) is 44.2 Å². The minimum atomic E-state index is -4.20. The van der Waals surface area contributed by atoms with Crippen molar-refractivity contribution < 1.29 is 21.9 Å². The summed E-state index contributed by atoms with van der Waals surface area (Å²) < 4.78 is 60.5. The summed E-state index contributed by atoms with van der Waals surface area (Å²) >= 11 is 0. The predicted molar refractivity (Wildman–Crippen MR) is 89.6 cm³/mol. The van der Waals surface area contributed by atoms with Crippen LogP contribution in [0.25, 0.3) is 0 Å². The van der Waals surface area contributed by atoms with E-state index >= 15 is 0 Å². The first-order valence-corrected chi connectivity index (χ1v) is 9.11. The first-order valence-electron chi connectivity index (χ1n) is 7.63. The Morgan fingerprint density at radius 3 is 2.60 bits per heavy atom. The quantitative estimate of drug-likeness (QED) is 0.816.